The van der Waals surface area contributed by atoms with E-state index in [4.69, 9.17) is 14.2 Å². The molecule has 0 aromatic heterocycles. The molecule has 0 N–H and O–H groups in total. The number of hydrogen-bond acceptors (Lipinski definition) is 5. The van der Waals surface area contributed by atoms with E-state index in [1.54, 1.807) is 25.1 Å². The first kappa shape index (κ1) is 16.1. The van der Waals surface area contributed by atoms with Crippen molar-refractivity contribution in [2.75, 3.05) is 6.79 Å². The number of hydrogen-bond donors (Lipinski definition) is 0. The second-order valence-corrected chi connectivity index (χ2v) is 5.80. The summed E-state index contributed by atoms with van der Waals surface area (Å²) in [4.78, 5) is 24.8. The van der Waals surface area contributed by atoms with Crippen LogP contribution in [0.5, 0.6) is 11.5 Å². The first-order chi connectivity index (χ1) is 11.5. The lowest BCUT2D eigenvalue weighted by Crippen LogP contribution is -2.25. The first-order valence-electron chi connectivity index (χ1n) is 7.68. The van der Waals surface area contributed by atoms with Gasteiger partial charge in [0, 0.05) is 5.56 Å². The lowest BCUT2D eigenvalue weighted by molar-refractivity contribution is 0.0318. The summed E-state index contributed by atoms with van der Waals surface area (Å²) in [5, 5.41) is 0. The highest BCUT2D eigenvalue weighted by Gasteiger charge is 2.23. The molecule has 0 fully saturated rings. The summed E-state index contributed by atoms with van der Waals surface area (Å²) in [6, 6.07) is 10.4. The summed E-state index contributed by atoms with van der Waals surface area (Å²) < 4.78 is 15.8. The quantitative estimate of drug-likeness (QED) is 0.636. The molecule has 0 amide bonds. The number of esters is 1. The number of Topliss-reactive ketones (excluding diaryl/α,β-unsaturated/α-hetero) is 1. The molecule has 24 heavy (non-hydrogen) atoms. The SMILES string of the molecule is Cc1ccc(C)c(C(=O)[C@H](C)OC(=O)c2ccc3c(c2)OCO3)c1. The van der Waals surface area contributed by atoms with E-state index in [0.717, 1.165) is 11.1 Å². The van der Waals surface area contributed by atoms with E-state index in [-0.39, 0.29) is 12.6 Å². The average molecular weight is 326 g/mol. The van der Waals surface area contributed by atoms with Gasteiger partial charge in [0.1, 0.15) is 0 Å². The molecule has 1 aliphatic rings. The Morgan fingerprint density at radius 3 is 2.58 bits per heavy atom. The van der Waals surface area contributed by atoms with Crippen molar-refractivity contribution in [1.82, 2.24) is 0 Å². The van der Waals surface area contributed by atoms with Gasteiger partial charge in [-0.05, 0) is 50.6 Å². The largest absolute Gasteiger partial charge is 0.454 e. The highest BCUT2D eigenvalue weighted by atomic mass is 16.7. The van der Waals surface area contributed by atoms with E-state index in [9.17, 15) is 9.59 Å². The van der Waals surface area contributed by atoms with Crippen molar-refractivity contribution in [3.8, 4) is 11.5 Å². The van der Waals surface area contributed by atoms with E-state index in [1.807, 2.05) is 32.0 Å². The van der Waals surface area contributed by atoms with Crippen molar-refractivity contribution in [2.45, 2.75) is 26.9 Å². The number of ether oxygens (including phenoxy) is 3. The molecule has 0 saturated carbocycles. The Hall–Kier alpha value is -2.82. The van der Waals surface area contributed by atoms with Gasteiger partial charge >= 0.3 is 5.97 Å². The third-order valence-corrected chi connectivity index (χ3v) is 3.92. The van der Waals surface area contributed by atoms with Gasteiger partial charge in [0.2, 0.25) is 12.6 Å². The zero-order valence-corrected chi connectivity index (χ0v) is 13.8. The number of benzene rings is 2. The lowest BCUT2D eigenvalue weighted by atomic mass is 9.99. The van der Waals surface area contributed by atoms with Crippen LogP contribution in [0, 0.1) is 13.8 Å². The molecule has 1 aliphatic heterocycles. The molecule has 0 bridgehead atoms. The minimum Gasteiger partial charge on any atom is -0.454 e. The number of rotatable bonds is 4. The highest BCUT2D eigenvalue weighted by Crippen LogP contribution is 2.32. The van der Waals surface area contributed by atoms with Crippen molar-refractivity contribution >= 4 is 11.8 Å². The van der Waals surface area contributed by atoms with Crippen LogP contribution in [0.3, 0.4) is 0 Å². The number of carbonyl (C=O) groups is 2. The Morgan fingerprint density at radius 2 is 1.79 bits per heavy atom. The van der Waals surface area contributed by atoms with Crippen molar-refractivity contribution in [3.63, 3.8) is 0 Å². The fraction of sp³-hybridized carbons (Fsp3) is 0.263. The Morgan fingerprint density at radius 1 is 1.04 bits per heavy atom. The van der Waals surface area contributed by atoms with Crippen LogP contribution in [-0.4, -0.2) is 24.6 Å². The van der Waals surface area contributed by atoms with Gasteiger partial charge in [-0.25, -0.2) is 4.79 Å². The van der Waals surface area contributed by atoms with E-state index in [0.29, 0.717) is 22.6 Å². The third kappa shape index (κ3) is 3.11. The lowest BCUT2D eigenvalue weighted by Gasteiger charge is -2.14. The molecule has 0 unspecified atom stereocenters. The minimum atomic E-state index is -0.872. The summed E-state index contributed by atoms with van der Waals surface area (Å²) in [7, 11) is 0. The van der Waals surface area contributed by atoms with Crippen LogP contribution < -0.4 is 9.47 Å². The average Bonchev–Trinajstić information content (AvgIpc) is 3.03. The molecule has 0 aliphatic carbocycles. The summed E-state index contributed by atoms with van der Waals surface area (Å²) in [6.45, 7) is 5.49. The van der Waals surface area contributed by atoms with E-state index < -0.39 is 12.1 Å². The topological polar surface area (TPSA) is 61.8 Å². The Labute approximate surface area is 140 Å². The third-order valence-electron chi connectivity index (χ3n) is 3.92. The molecule has 3 rings (SSSR count). The van der Waals surface area contributed by atoms with Gasteiger partial charge in [0.25, 0.3) is 0 Å². The molecule has 5 nitrogen and oxygen atoms in total. The predicted octanol–water partition coefficient (Wildman–Crippen LogP) is 3.46. The van der Waals surface area contributed by atoms with Crippen LogP contribution >= 0.6 is 0 Å². The number of aryl methyl sites for hydroxylation is 2. The van der Waals surface area contributed by atoms with Gasteiger partial charge in [0.15, 0.2) is 17.6 Å². The van der Waals surface area contributed by atoms with Crippen LogP contribution in [0.2, 0.25) is 0 Å². The van der Waals surface area contributed by atoms with Crippen molar-refractivity contribution < 1.29 is 23.8 Å². The van der Waals surface area contributed by atoms with Gasteiger partial charge in [-0.1, -0.05) is 17.7 Å². The van der Waals surface area contributed by atoms with E-state index in [2.05, 4.69) is 0 Å². The number of carbonyl (C=O) groups excluding carboxylic acids is 2. The van der Waals surface area contributed by atoms with Gasteiger partial charge < -0.3 is 14.2 Å². The van der Waals surface area contributed by atoms with E-state index in [1.165, 1.54) is 0 Å². The molecule has 124 valence electrons. The molecule has 1 atom stereocenters. The Balaban J connectivity index is 1.74. The maximum Gasteiger partial charge on any atom is 0.338 e. The second-order valence-electron chi connectivity index (χ2n) is 5.80. The molecule has 2 aromatic carbocycles. The maximum absolute atomic E-state index is 12.5. The molecular weight excluding hydrogens is 308 g/mol. The van der Waals surface area contributed by atoms with E-state index >= 15 is 0 Å². The fourth-order valence-electron chi connectivity index (χ4n) is 2.53. The van der Waals surface area contributed by atoms with Gasteiger partial charge in [0.05, 0.1) is 5.56 Å². The second kappa shape index (κ2) is 6.35. The maximum atomic E-state index is 12.5. The summed E-state index contributed by atoms with van der Waals surface area (Å²) in [6.07, 6.45) is -0.872. The van der Waals surface area contributed by atoms with Gasteiger partial charge in [-0.15, -0.1) is 0 Å². The standard InChI is InChI=1S/C19H18O5/c1-11-4-5-12(2)15(8-11)18(20)13(3)24-19(21)14-6-7-16-17(9-14)23-10-22-16/h4-9,13H,10H2,1-3H3/t13-/m0/s1. The number of ketones is 1. The predicted molar refractivity (Wildman–Crippen MR) is 87.7 cm³/mol. The number of fused-ring (bicyclic) bond motifs is 1. The van der Waals surface area contributed by atoms with Gasteiger partial charge in [-0.3, -0.25) is 4.79 Å². The minimum absolute atomic E-state index is 0.134. The fourth-order valence-corrected chi connectivity index (χ4v) is 2.53. The summed E-state index contributed by atoms with van der Waals surface area (Å²) in [5.74, 6) is 0.300. The molecule has 2 aromatic rings. The zero-order chi connectivity index (χ0) is 17.3. The van der Waals surface area contributed by atoms with Crippen LogP contribution in [0.25, 0.3) is 0 Å². The van der Waals surface area contributed by atoms with Crippen LogP contribution in [0.15, 0.2) is 36.4 Å². The monoisotopic (exact) mass is 326 g/mol. The first-order valence-corrected chi connectivity index (χ1v) is 7.68. The van der Waals surface area contributed by atoms with Crippen molar-refractivity contribution in [1.29, 1.82) is 0 Å². The van der Waals surface area contributed by atoms with Crippen LogP contribution in [0.1, 0.15) is 38.8 Å². The van der Waals surface area contributed by atoms with Crippen LogP contribution in [-0.2, 0) is 4.74 Å². The van der Waals surface area contributed by atoms with Gasteiger partial charge in [-0.2, -0.15) is 0 Å². The highest BCUT2D eigenvalue weighted by molar-refractivity contribution is 6.02. The molecule has 5 heteroatoms. The van der Waals surface area contributed by atoms with Crippen molar-refractivity contribution in [3.05, 3.63) is 58.7 Å². The zero-order valence-electron chi connectivity index (χ0n) is 13.8. The normalized spacial score (nSPS) is 13.5. The molecule has 0 spiro atoms. The summed E-state index contributed by atoms with van der Waals surface area (Å²) in [5.41, 5.74) is 2.73. The summed E-state index contributed by atoms with van der Waals surface area (Å²) >= 11 is 0. The molecule has 0 saturated heterocycles. The molecule has 1 heterocycles. The van der Waals surface area contributed by atoms with Crippen LogP contribution in [0.4, 0.5) is 0 Å². The van der Waals surface area contributed by atoms with Crippen molar-refractivity contribution in [2.24, 2.45) is 0 Å². The Bertz CT molecular complexity index is 809. The molecular formula is C19H18O5. The molecule has 0 radical (unpaired) electrons. The smallest absolute Gasteiger partial charge is 0.338 e. The Kier molecular flexibility index (Phi) is 4.25.